The van der Waals surface area contributed by atoms with Crippen LogP contribution in [-0.2, 0) is 32.2 Å². The molecular weight excluding hydrogens is 581 g/mol. The van der Waals surface area contributed by atoms with Crippen LogP contribution in [0.3, 0.4) is 0 Å². The first-order valence-corrected chi connectivity index (χ1v) is 20.3. The Bertz CT molecular complexity index is 1470. The van der Waals surface area contributed by atoms with Crippen molar-refractivity contribution >= 4 is 14.3 Å². The van der Waals surface area contributed by atoms with E-state index in [2.05, 4.69) is 143 Å². The van der Waals surface area contributed by atoms with Crippen LogP contribution >= 0.6 is 0 Å². The molecule has 3 rings (SSSR count). The van der Waals surface area contributed by atoms with Gasteiger partial charge in [0, 0.05) is 11.8 Å². The van der Waals surface area contributed by atoms with Crippen LogP contribution in [0.15, 0.2) is 60.7 Å². The second kappa shape index (κ2) is 15.0. The van der Waals surface area contributed by atoms with Crippen LogP contribution in [0.5, 0.6) is 0 Å². The smallest absolute Gasteiger partial charge is 0.305 e. The third-order valence-corrected chi connectivity index (χ3v) is 15.3. The molecule has 1 atom stereocenters. The van der Waals surface area contributed by atoms with Crippen molar-refractivity contribution in [1.29, 1.82) is 0 Å². The van der Waals surface area contributed by atoms with E-state index in [0.29, 0.717) is 12.8 Å². The first kappa shape index (κ1) is 37.8. The lowest BCUT2D eigenvalue weighted by Gasteiger charge is -2.43. The molecule has 0 bridgehead atoms. The Kier molecular flexibility index (Phi) is 12.3. The van der Waals surface area contributed by atoms with Gasteiger partial charge in [0.1, 0.15) is 0 Å². The maximum atomic E-state index is 11.7. The largest absolute Gasteiger partial charge is 0.469 e. The van der Waals surface area contributed by atoms with Gasteiger partial charge in [-0.25, -0.2) is 0 Å². The molecular formula is C42H62O3Si. The summed E-state index contributed by atoms with van der Waals surface area (Å²) >= 11 is 0. The van der Waals surface area contributed by atoms with Gasteiger partial charge in [-0.3, -0.25) is 4.79 Å². The van der Waals surface area contributed by atoms with Crippen molar-refractivity contribution in [3.8, 4) is 11.1 Å². The molecule has 0 aliphatic heterocycles. The molecule has 0 radical (unpaired) electrons. The molecule has 3 aromatic rings. The van der Waals surface area contributed by atoms with Gasteiger partial charge in [-0.05, 0) is 114 Å². The molecule has 0 amide bonds. The molecule has 0 saturated carbocycles. The lowest BCUT2D eigenvalue weighted by Crippen LogP contribution is -2.47. The van der Waals surface area contributed by atoms with Crippen LogP contribution in [0.25, 0.3) is 11.1 Å². The van der Waals surface area contributed by atoms with Crippen molar-refractivity contribution in [2.75, 3.05) is 7.11 Å². The summed E-state index contributed by atoms with van der Waals surface area (Å²) < 4.78 is 11.8. The average molecular weight is 643 g/mol. The zero-order valence-corrected chi connectivity index (χ0v) is 32.3. The fraction of sp³-hybridized carbons (Fsp3) is 0.548. The van der Waals surface area contributed by atoms with Crippen molar-refractivity contribution in [1.82, 2.24) is 0 Å². The number of carbonyl (C=O) groups is 1. The van der Waals surface area contributed by atoms with Crippen LogP contribution in [0.2, 0.25) is 18.1 Å². The predicted octanol–water partition coefficient (Wildman–Crippen LogP) is 11.6. The summed E-state index contributed by atoms with van der Waals surface area (Å²) in [6.45, 7) is 27.9. The number of esters is 1. The molecule has 0 saturated heterocycles. The van der Waals surface area contributed by atoms with Gasteiger partial charge in [0.15, 0.2) is 8.32 Å². The highest BCUT2D eigenvalue weighted by molar-refractivity contribution is 6.74. The number of ether oxygens (including phenoxy) is 1. The lowest BCUT2D eigenvalue weighted by atomic mass is 9.69. The van der Waals surface area contributed by atoms with Crippen LogP contribution in [0, 0.1) is 19.3 Å². The molecule has 46 heavy (non-hydrogen) atoms. The summed E-state index contributed by atoms with van der Waals surface area (Å²) in [6, 6.07) is 22.8. The highest BCUT2D eigenvalue weighted by Gasteiger charge is 2.41. The summed E-state index contributed by atoms with van der Waals surface area (Å²) in [7, 11) is -0.425. The van der Waals surface area contributed by atoms with Crippen LogP contribution in [0.4, 0.5) is 0 Å². The van der Waals surface area contributed by atoms with Crippen molar-refractivity contribution in [2.24, 2.45) is 5.41 Å². The second-order valence-electron chi connectivity index (χ2n) is 16.0. The molecule has 0 aliphatic rings. The molecule has 252 valence electrons. The third-order valence-electron chi connectivity index (χ3n) is 10.8. The summed E-state index contributed by atoms with van der Waals surface area (Å²) in [4.78, 5) is 11.7. The Morgan fingerprint density at radius 1 is 0.804 bits per heavy atom. The minimum atomic E-state index is -1.87. The quantitative estimate of drug-likeness (QED) is 0.137. The SMILES string of the molecule is CCC(CC)(c1ccc(CCC(O[Si](C)(C)C(C)(C)C)C(C)(C)C)c(C)c1)c1ccc(-c2cccc(CCC(=O)OC)c2)c(C)c1. The van der Waals surface area contributed by atoms with Gasteiger partial charge in [0.25, 0.3) is 0 Å². The van der Waals surface area contributed by atoms with Gasteiger partial charge < -0.3 is 9.16 Å². The molecule has 0 heterocycles. The monoisotopic (exact) mass is 642 g/mol. The number of methoxy groups -OCH3 is 1. The number of hydrogen-bond donors (Lipinski definition) is 0. The van der Waals surface area contributed by atoms with E-state index in [-0.39, 0.29) is 27.9 Å². The van der Waals surface area contributed by atoms with Crippen molar-refractivity contribution in [2.45, 2.75) is 137 Å². The summed E-state index contributed by atoms with van der Waals surface area (Å²) in [5.41, 5.74) is 10.5. The first-order chi connectivity index (χ1) is 21.4. The van der Waals surface area contributed by atoms with Crippen molar-refractivity contribution in [3.05, 3.63) is 94.0 Å². The fourth-order valence-corrected chi connectivity index (χ4v) is 8.06. The highest BCUT2D eigenvalue weighted by atomic mass is 28.4. The van der Waals surface area contributed by atoms with Crippen molar-refractivity contribution in [3.63, 3.8) is 0 Å². The number of rotatable bonds is 13. The Balaban J connectivity index is 1.88. The zero-order valence-electron chi connectivity index (χ0n) is 31.3. The van der Waals surface area contributed by atoms with E-state index in [1.54, 1.807) is 0 Å². The van der Waals surface area contributed by atoms with Crippen molar-refractivity contribution < 1.29 is 14.0 Å². The summed E-state index contributed by atoms with van der Waals surface area (Å²) in [6.07, 6.45) is 5.45. The normalized spacial score (nSPS) is 13.5. The Morgan fingerprint density at radius 3 is 1.93 bits per heavy atom. The molecule has 0 aromatic heterocycles. The van der Waals surface area contributed by atoms with Crippen LogP contribution < -0.4 is 0 Å². The van der Waals surface area contributed by atoms with Gasteiger partial charge in [-0.1, -0.05) is 116 Å². The van der Waals surface area contributed by atoms with E-state index >= 15 is 0 Å². The highest BCUT2D eigenvalue weighted by Crippen LogP contribution is 2.43. The maximum Gasteiger partial charge on any atom is 0.305 e. The Morgan fingerprint density at radius 2 is 1.41 bits per heavy atom. The van der Waals surface area contributed by atoms with E-state index in [1.807, 2.05) is 0 Å². The standard InChI is InChI=1S/C42H62O3Si/c1-14-42(15-2,36-23-24-37(31(4)28-36)34-18-16-17-32(29-34)19-26-39(43)44-11)35-22-20-33(30(3)27-35)21-25-38(40(5,6)7)45-46(12,13)41(8,9)10/h16-18,20,22-24,27-29,38H,14-15,19,21,25-26H2,1-13H3. The van der Waals surface area contributed by atoms with Gasteiger partial charge in [0.05, 0.1) is 13.2 Å². The number of benzene rings is 3. The second-order valence-corrected chi connectivity index (χ2v) is 20.8. The van der Waals surface area contributed by atoms with E-state index in [0.717, 1.165) is 31.2 Å². The van der Waals surface area contributed by atoms with E-state index in [4.69, 9.17) is 9.16 Å². The number of aryl methyl sites for hydroxylation is 4. The molecule has 0 N–H and O–H groups in total. The summed E-state index contributed by atoms with van der Waals surface area (Å²) in [5, 5.41) is 0.198. The molecule has 3 nitrogen and oxygen atoms in total. The predicted molar refractivity (Wildman–Crippen MR) is 199 cm³/mol. The van der Waals surface area contributed by atoms with Gasteiger partial charge in [0.2, 0.25) is 0 Å². The molecule has 4 heteroatoms. The minimum Gasteiger partial charge on any atom is -0.469 e. The minimum absolute atomic E-state index is 0.0473. The van der Waals surface area contributed by atoms with E-state index in [1.165, 1.54) is 46.1 Å². The Labute approximate surface area is 282 Å². The zero-order chi connectivity index (χ0) is 34.5. The third kappa shape index (κ3) is 8.80. The lowest BCUT2D eigenvalue weighted by molar-refractivity contribution is -0.140. The Hall–Kier alpha value is -2.69. The molecule has 3 aromatic carbocycles. The average Bonchev–Trinajstić information content (AvgIpc) is 2.98. The van der Waals surface area contributed by atoms with Gasteiger partial charge in [-0.2, -0.15) is 0 Å². The maximum absolute atomic E-state index is 11.7. The van der Waals surface area contributed by atoms with E-state index < -0.39 is 8.32 Å². The van der Waals surface area contributed by atoms with Crippen LogP contribution in [0.1, 0.15) is 114 Å². The summed E-state index contributed by atoms with van der Waals surface area (Å²) in [5.74, 6) is -0.172. The first-order valence-electron chi connectivity index (χ1n) is 17.4. The van der Waals surface area contributed by atoms with E-state index in [9.17, 15) is 4.79 Å². The van der Waals surface area contributed by atoms with Gasteiger partial charge in [-0.15, -0.1) is 0 Å². The van der Waals surface area contributed by atoms with Crippen LogP contribution in [-0.4, -0.2) is 27.5 Å². The van der Waals surface area contributed by atoms with Gasteiger partial charge >= 0.3 is 5.97 Å². The fourth-order valence-electron chi connectivity index (χ4n) is 6.52. The molecule has 0 aliphatic carbocycles. The molecule has 0 fully saturated rings. The molecule has 1 unspecified atom stereocenters. The number of carbonyl (C=O) groups excluding carboxylic acids is 1. The number of hydrogen-bond acceptors (Lipinski definition) is 3. The molecule has 0 spiro atoms. The topological polar surface area (TPSA) is 35.5 Å².